The molecule has 2 nitrogen and oxygen atoms in total. The Kier molecular flexibility index (Phi) is 4.41. The van der Waals surface area contributed by atoms with Crippen LogP contribution < -0.4 is 0 Å². The van der Waals surface area contributed by atoms with Crippen LogP contribution in [0.15, 0.2) is 18.2 Å². The Morgan fingerprint density at radius 2 is 2.14 bits per heavy atom. The molecule has 0 saturated carbocycles. The first-order valence-corrected chi connectivity index (χ1v) is 5.93. The summed E-state index contributed by atoms with van der Waals surface area (Å²) in [4.78, 5) is 11.2. The number of rotatable bonds is 2. The lowest BCUT2D eigenvalue weighted by Gasteiger charge is -2.07. The highest BCUT2D eigenvalue weighted by Gasteiger charge is 2.12. The third-order valence-corrected chi connectivity index (χ3v) is 2.98. The van der Waals surface area contributed by atoms with E-state index in [2.05, 4.69) is 36.6 Å². The van der Waals surface area contributed by atoms with Gasteiger partial charge in [-0.2, -0.15) is 0 Å². The van der Waals surface area contributed by atoms with E-state index in [1.54, 1.807) is 18.2 Å². The smallest absolute Gasteiger partial charge is 0.337 e. The van der Waals surface area contributed by atoms with Crippen molar-refractivity contribution in [2.75, 3.05) is 7.11 Å². The number of benzene rings is 1. The maximum absolute atomic E-state index is 11.2. The number of halogens is 3. The van der Waals surface area contributed by atoms with Crippen LogP contribution in [0, 0.1) is 0 Å². The molecule has 0 fully saturated rings. The summed E-state index contributed by atoms with van der Waals surface area (Å²) in [6.07, 6.45) is 0. The average Bonchev–Trinajstić information content (AvgIpc) is 2.17. The Morgan fingerprint density at radius 3 is 2.64 bits per heavy atom. The molecule has 0 unspecified atom stereocenters. The van der Waals surface area contributed by atoms with Gasteiger partial charge >= 0.3 is 5.97 Å². The summed E-state index contributed by atoms with van der Waals surface area (Å²) in [6.45, 7) is 0. The van der Waals surface area contributed by atoms with Crippen molar-refractivity contribution in [3.05, 3.63) is 34.3 Å². The van der Waals surface area contributed by atoms with Crippen molar-refractivity contribution >= 4 is 49.4 Å². The summed E-state index contributed by atoms with van der Waals surface area (Å²) >= 11 is 12.6. The first-order valence-electron chi connectivity index (χ1n) is 3.72. The zero-order valence-electron chi connectivity index (χ0n) is 7.26. The van der Waals surface area contributed by atoms with Crippen molar-refractivity contribution < 1.29 is 9.53 Å². The Labute approximate surface area is 104 Å². The van der Waals surface area contributed by atoms with E-state index in [0.29, 0.717) is 10.6 Å². The number of hydrogen-bond donors (Lipinski definition) is 0. The molecule has 76 valence electrons. The third kappa shape index (κ3) is 2.72. The van der Waals surface area contributed by atoms with Crippen molar-refractivity contribution in [1.29, 1.82) is 0 Å². The molecule has 0 aliphatic heterocycles. The van der Waals surface area contributed by atoms with Crippen LogP contribution >= 0.6 is 43.5 Å². The molecule has 1 aromatic rings. The molecular formula is C9H7Br2ClO2. The topological polar surface area (TPSA) is 26.3 Å². The molecule has 0 radical (unpaired) electrons. The molecule has 0 spiro atoms. The summed E-state index contributed by atoms with van der Waals surface area (Å²) in [5.41, 5.74) is 1.28. The zero-order chi connectivity index (χ0) is 10.7. The van der Waals surface area contributed by atoms with Crippen LogP contribution in [0.1, 0.15) is 19.7 Å². The minimum absolute atomic E-state index is 0.0768. The van der Waals surface area contributed by atoms with Gasteiger partial charge in [0, 0.05) is 5.02 Å². The quantitative estimate of drug-likeness (QED) is 0.602. The number of esters is 1. The number of ether oxygens (including phenoxy) is 1. The lowest BCUT2D eigenvalue weighted by molar-refractivity contribution is 0.0600. The van der Waals surface area contributed by atoms with Crippen LogP contribution in [-0.4, -0.2) is 13.1 Å². The van der Waals surface area contributed by atoms with E-state index in [0.717, 1.165) is 5.56 Å². The maximum Gasteiger partial charge on any atom is 0.337 e. The minimum Gasteiger partial charge on any atom is -0.465 e. The van der Waals surface area contributed by atoms with Gasteiger partial charge in [0.2, 0.25) is 0 Å². The number of hydrogen-bond acceptors (Lipinski definition) is 2. The monoisotopic (exact) mass is 340 g/mol. The van der Waals surface area contributed by atoms with Crippen LogP contribution in [-0.2, 0) is 4.74 Å². The van der Waals surface area contributed by atoms with E-state index in [-0.39, 0.29) is 9.71 Å². The molecule has 5 heteroatoms. The predicted octanol–water partition coefficient (Wildman–Crippen LogP) is 3.92. The van der Waals surface area contributed by atoms with Gasteiger partial charge < -0.3 is 4.74 Å². The van der Waals surface area contributed by atoms with Gasteiger partial charge in [-0.15, -0.1) is 0 Å². The van der Waals surface area contributed by atoms with Crippen molar-refractivity contribution in [2.24, 2.45) is 0 Å². The summed E-state index contributed by atoms with van der Waals surface area (Å²) in [5, 5.41) is 0.594. The third-order valence-electron chi connectivity index (χ3n) is 1.65. The van der Waals surface area contributed by atoms with E-state index in [9.17, 15) is 4.79 Å². The Morgan fingerprint density at radius 1 is 1.50 bits per heavy atom. The highest BCUT2D eigenvalue weighted by molar-refractivity contribution is 9.24. The van der Waals surface area contributed by atoms with Crippen LogP contribution in [0.25, 0.3) is 0 Å². The highest BCUT2D eigenvalue weighted by atomic mass is 79.9. The van der Waals surface area contributed by atoms with E-state index in [1.807, 2.05) is 0 Å². The second kappa shape index (κ2) is 5.14. The molecule has 0 atom stereocenters. The van der Waals surface area contributed by atoms with Gasteiger partial charge in [0.15, 0.2) is 0 Å². The average molecular weight is 342 g/mol. The second-order valence-corrected chi connectivity index (χ2v) is 6.00. The molecule has 0 amide bonds. The fourth-order valence-corrected chi connectivity index (χ4v) is 2.20. The Bertz CT molecular complexity index is 353. The number of alkyl halides is 2. The molecule has 1 aromatic carbocycles. The minimum atomic E-state index is -0.372. The first-order chi connectivity index (χ1) is 6.56. The normalized spacial score (nSPS) is 10.4. The second-order valence-electron chi connectivity index (χ2n) is 2.53. The van der Waals surface area contributed by atoms with E-state index in [4.69, 9.17) is 11.6 Å². The summed E-state index contributed by atoms with van der Waals surface area (Å²) in [5.74, 6) is -0.372. The molecule has 0 N–H and O–H groups in total. The van der Waals surface area contributed by atoms with Gasteiger partial charge in [0.25, 0.3) is 0 Å². The Hall–Kier alpha value is -0.0600. The molecule has 0 bridgehead atoms. The van der Waals surface area contributed by atoms with Crippen LogP contribution in [0.5, 0.6) is 0 Å². The van der Waals surface area contributed by atoms with E-state index >= 15 is 0 Å². The standard InChI is InChI=1S/C9H7Br2ClO2/c1-14-9(13)5-2-3-7(12)6(4-5)8(10)11/h2-4,8H,1H3. The molecule has 0 heterocycles. The number of methoxy groups -OCH3 is 1. The van der Waals surface area contributed by atoms with Crippen LogP contribution in [0.3, 0.4) is 0 Å². The van der Waals surface area contributed by atoms with Gasteiger partial charge in [-0.1, -0.05) is 43.5 Å². The van der Waals surface area contributed by atoms with E-state index < -0.39 is 0 Å². The lowest BCUT2D eigenvalue weighted by atomic mass is 10.1. The summed E-state index contributed by atoms with van der Waals surface area (Å²) in [7, 11) is 1.34. The largest absolute Gasteiger partial charge is 0.465 e. The molecule has 0 aromatic heterocycles. The molecule has 0 aliphatic rings. The van der Waals surface area contributed by atoms with Crippen LogP contribution in [0.2, 0.25) is 5.02 Å². The van der Waals surface area contributed by atoms with Gasteiger partial charge in [-0.05, 0) is 23.8 Å². The van der Waals surface area contributed by atoms with Crippen molar-refractivity contribution in [3.8, 4) is 0 Å². The molecule has 0 aliphatic carbocycles. The van der Waals surface area contributed by atoms with Gasteiger partial charge in [-0.3, -0.25) is 0 Å². The van der Waals surface area contributed by atoms with Gasteiger partial charge in [-0.25, -0.2) is 4.79 Å². The molecule has 1 rings (SSSR count). The van der Waals surface area contributed by atoms with Crippen molar-refractivity contribution in [3.63, 3.8) is 0 Å². The van der Waals surface area contributed by atoms with Crippen LogP contribution in [0.4, 0.5) is 0 Å². The fourth-order valence-electron chi connectivity index (χ4n) is 0.956. The van der Waals surface area contributed by atoms with Gasteiger partial charge in [0.05, 0.1) is 16.4 Å². The van der Waals surface area contributed by atoms with Crippen molar-refractivity contribution in [1.82, 2.24) is 0 Å². The zero-order valence-corrected chi connectivity index (χ0v) is 11.2. The van der Waals surface area contributed by atoms with Gasteiger partial charge in [0.1, 0.15) is 0 Å². The van der Waals surface area contributed by atoms with Crippen molar-refractivity contribution in [2.45, 2.75) is 3.74 Å². The molecule has 0 saturated heterocycles. The first kappa shape index (κ1) is 12.0. The maximum atomic E-state index is 11.2. The predicted molar refractivity (Wildman–Crippen MR) is 63.4 cm³/mol. The molecular weight excluding hydrogens is 335 g/mol. The summed E-state index contributed by atoms with van der Waals surface area (Å²) < 4.78 is 4.52. The number of carbonyl (C=O) groups excluding carboxylic acids is 1. The SMILES string of the molecule is COC(=O)c1ccc(Cl)c(C(Br)Br)c1. The Balaban J connectivity index is 3.13. The lowest BCUT2D eigenvalue weighted by Crippen LogP contribution is -2.01. The summed E-state index contributed by atoms with van der Waals surface area (Å²) in [6, 6.07) is 4.97. The van der Waals surface area contributed by atoms with E-state index in [1.165, 1.54) is 7.11 Å². The fraction of sp³-hybridized carbons (Fsp3) is 0.222. The molecule has 14 heavy (non-hydrogen) atoms. The number of carbonyl (C=O) groups is 1. The highest BCUT2D eigenvalue weighted by Crippen LogP contribution is 2.34.